The van der Waals surface area contributed by atoms with Gasteiger partial charge in [-0.3, -0.25) is 0 Å². The molecule has 0 amide bonds. The molecule has 15 heavy (non-hydrogen) atoms. The minimum Gasteiger partial charge on any atom is -0.330 e. The molecule has 0 aliphatic heterocycles. The first-order valence-corrected chi connectivity index (χ1v) is 5.03. The van der Waals surface area contributed by atoms with E-state index in [1.165, 1.54) is 26.0 Å². The molecule has 2 N–H and O–H groups in total. The number of alkyl halides is 2. The van der Waals surface area contributed by atoms with Crippen LogP contribution in [0, 0.1) is 5.41 Å². The maximum absolute atomic E-state index is 14.0. The molecular weight excluding hydrogens is 220 g/mol. The monoisotopic (exact) mass is 233 g/mol. The number of halogens is 3. The molecule has 0 bridgehead atoms. The SMILES string of the molecule is CC(C)(CN)C(F)(F)c1ccccc1Cl. The number of rotatable bonds is 3. The van der Waals surface area contributed by atoms with Gasteiger partial charge in [-0.25, -0.2) is 8.78 Å². The average molecular weight is 234 g/mol. The second-order valence-corrected chi connectivity index (χ2v) is 4.55. The molecule has 1 aromatic rings. The van der Waals surface area contributed by atoms with Crippen molar-refractivity contribution in [3.63, 3.8) is 0 Å². The van der Waals surface area contributed by atoms with Crippen molar-refractivity contribution < 1.29 is 8.78 Å². The van der Waals surface area contributed by atoms with Crippen molar-refractivity contribution in [3.05, 3.63) is 34.9 Å². The Hall–Kier alpha value is -0.670. The fraction of sp³-hybridized carbons (Fsp3) is 0.455. The smallest absolute Gasteiger partial charge is 0.280 e. The Morgan fingerprint density at radius 3 is 2.27 bits per heavy atom. The van der Waals surface area contributed by atoms with E-state index in [0.29, 0.717) is 0 Å². The third kappa shape index (κ3) is 2.13. The van der Waals surface area contributed by atoms with Crippen LogP contribution in [0.4, 0.5) is 8.78 Å². The number of hydrogen-bond acceptors (Lipinski definition) is 1. The first-order chi connectivity index (χ1) is 6.83. The molecule has 0 radical (unpaired) electrons. The highest BCUT2D eigenvalue weighted by molar-refractivity contribution is 6.31. The highest BCUT2D eigenvalue weighted by atomic mass is 35.5. The Morgan fingerprint density at radius 1 is 1.27 bits per heavy atom. The summed E-state index contributed by atoms with van der Waals surface area (Å²) >= 11 is 5.75. The van der Waals surface area contributed by atoms with E-state index < -0.39 is 11.3 Å². The number of benzene rings is 1. The molecule has 0 heterocycles. The van der Waals surface area contributed by atoms with Gasteiger partial charge in [-0.15, -0.1) is 0 Å². The summed E-state index contributed by atoms with van der Waals surface area (Å²) in [5.41, 5.74) is 3.88. The molecule has 1 nitrogen and oxygen atoms in total. The zero-order chi connectivity index (χ0) is 11.7. The highest BCUT2D eigenvalue weighted by Gasteiger charge is 2.48. The quantitative estimate of drug-likeness (QED) is 0.851. The van der Waals surface area contributed by atoms with Crippen molar-refractivity contribution in [2.24, 2.45) is 11.1 Å². The summed E-state index contributed by atoms with van der Waals surface area (Å²) in [5.74, 6) is -3.03. The molecule has 0 saturated carbocycles. The summed E-state index contributed by atoms with van der Waals surface area (Å²) < 4.78 is 28.1. The summed E-state index contributed by atoms with van der Waals surface area (Å²) in [5, 5.41) is 0.0732. The predicted octanol–water partition coefficient (Wildman–Crippen LogP) is 3.42. The number of nitrogens with two attached hydrogens (primary N) is 1. The Kier molecular flexibility index (Phi) is 3.36. The molecule has 0 atom stereocenters. The maximum atomic E-state index is 14.0. The van der Waals surface area contributed by atoms with Gasteiger partial charge in [0.05, 0.1) is 0 Å². The third-order valence-electron chi connectivity index (χ3n) is 2.57. The molecule has 84 valence electrons. The third-order valence-corrected chi connectivity index (χ3v) is 2.90. The summed E-state index contributed by atoms with van der Waals surface area (Å²) in [6.07, 6.45) is 0. The lowest BCUT2D eigenvalue weighted by molar-refractivity contribution is -0.108. The van der Waals surface area contributed by atoms with Gasteiger partial charge in [-0.05, 0) is 6.07 Å². The molecule has 0 aliphatic rings. The second kappa shape index (κ2) is 4.06. The second-order valence-electron chi connectivity index (χ2n) is 4.14. The van der Waals surface area contributed by atoms with Crippen LogP contribution in [-0.2, 0) is 5.92 Å². The minimum absolute atomic E-state index is 0.0732. The molecular formula is C11H14ClF2N. The van der Waals surface area contributed by atoms with Crippen LogP contribution >= 0.6 is 11.6 Å². The Labute approximate surface area is 93.2 Å². The molecule has 0 unspecified atom stereocenters. The van der Waals surface area contributed by atoms with Gasteiger partial charge >= 0.3 is 0 Å². The van der Waals surface area contributed by atoms with E-state index in [9.17, 15) is 8.78 Å². The summed E-state index contributed by atoms with van der Waals surface area (Å²) in [7, 11) is 0. The van der Waals surface area contributed by atoms with Gasteiger partial charge in [0.2, 0.25) is 0 Å². The Morgan fingerprint density at radius 2 is 1.80 bits per heavy atom. The van der Waals surface area contributed by atoms with Gasteiger partial charge in [0.25, 0.3) is 5.92 Å². The van der Waals surface area contributed by atoms with Gasteiger partial charge < -0.3 is 5.73 Å². The van der Waals surface area contributed by atoms with Crippen molar-refractivity contribution in [2.45, 2.75) is 19.8 Å². The van der Waals surface area contributed by atoms with Gasteiger partial charge in [-0.1, -0.05) is 43.6 Å². The molecule has 0 saturated heterocycles. The highest BCUT2D eigenvalue weighted by Crippen LogP contribution is 2.46. The van der Waals surface area contributed by atoms with E-state index in [4.69, 9.17) is 17.3 Å². The van der Waals surface area contributed by atoms with E-state index in [2.05, 4.69) is 0 Å². The van der Waals surface area contributed by atoms with Crippen molar-refractivity contribution in [2.75, 3.05) is 6.54 Å². The maximum Gasteiger partial charge on any atom is 0.280 e. The van der Waals surface area contributed by atoms with Crippen LogP contribution in [0.3, 0.4) is 0 Å². The average Bonchev–Trinajstić information content (AvgIpc) is 2.18. The zero-order valence-corrected chi connectivity index (χ0v) is 9.48. The van der Waals surface area contributed by atoms with Crippen LogP contribution in [0.5, 0.6) is 0 Å². The van der Waals surface area contributed by atoms with E-state index in [-0.39, 0.29) is 17.1 Å². The van der Waals surface area contributed by atoms with E-state index in [0.717, 1.165) is 0 Å². The van der Waals surface area contributed by atoms with Crippen LogP contribution < -0.4 is 5.73 Å². The Balaban J connectivity index is 3.22. The lowest BCUT2D eigenvalue weighted by Gasteiger charge is -2.33. The molecule has 0 fully saturated rings. The van der Waals surface area contributed by atoms with Gasteiger partial charge in [0, 0.05) is 22.5 Å². The predicted molar refractivity (Wildman–Crippen MR) is 58.2 cm³/mol. The molecule has 0 aliphatic carbocycles. The normalized spacial score (nSPS) is 12.9. The van der Waals surface area contributed by atoms with Crippen molar-refractivity contribution in [1.29, 1.82) is 0 Å². The van der Waals surface area contributed by atoms with Crippen LogP contribution in [0.1, 0.15) is 19.4 Å². The van der Waals surface area contributed by atoms with E-state index in [1.807, 2.05) is 0 Å². The zero-order valence-electron chi connectivity index (χ0n) is 8.73. The fourth-order valence-electron chi connectivity index (χ4n) is 1.21. The summed E-state index contributed by atoms with van der Waals surface area (Å²) in [4.78, 5) is 0. The minimum atomic E-state index is -3.03. The summed E-state index contributed by atoms with van der Waals surface area (Å²) in [6, 6.07) is 5.95. The van der Waals surface area contributed by atoms with Gasteiger partial charge in [0.15, 0.2) is 0 Å². The topological polar surface area (TPSA) is 26.0 Å². The first kappa shape index (κ1) is 12.4. The largest absolute Gasteiger partial charge is 0.330 e. The van der Waals surface area contributed by atoms with E-state index >= 15 is 0 Å². The lowest BCUT2D eigenvalue weighted by Crippen LogP contribution is -2.40. The standard InChI is InChI=1S/C11H14ClF2N/c1-10(2,7-15)11(13,14)8-5-3-4-6-9(8)12/h3-6H,7,15H2,1-2H3. The first-order valence-electron chi connectivity index (χ1n) is 4.66. The van der Waals surface area contributed by atoms with Gasteiger partial charge in [-0.2, -0.15) is 0 Å². The van der Waals surface area contributed by atoms with Crippen LogP contribution in [0.15, 0.2) is 24.3 Å². The molecule has 1 aromatic carbocycles. The van der Waals surface area contributed by atoms with Crippen LogP contribution in [0.2, 0.25) is 5.02 Å². The molecule has 4 heteroatoms. The molecule has 0 spiro atoms. The number of hydrogen-bond donors (Lipinski definition) is 1. The van der Waals surface area contributed by atoms with Gasteiger partial charge in [0.1, 0.15) is 0 Å². The fourth-order valence-corrected chi connectivity index (χ4v) is 1.46. The summed E-state index contributed by atoms with van der Waals surface area (Å²) in [6.45, 7) is 2.75. The lowest BCUT2D eigenvalue weighted by atomic mass is 9.81. The van der Waals surface area contributed by atoms with Crippen molar-refractivity contribution >= 4 is 11.6 Å². The molecule has 0 aromatic heterocycles. The van der Waals surface area contributed by atoms with Crippen LogP contribution in [0.25, 0.3) is 0 Å². The van der Waals surface area contributed by atoms with Crippen molar-refractivity contribution in [3.8, 4) is 0 Å². The van der Waals surface area contributed by atoms with E-state index in [1.54, 1.807) is 12.1 Å². The molecule has 1 rings (SSSR count). The van der Waals surface area contributed by atoms with Crippen LogP contribution in [-0.4, -0.2) is 6.54 Å². The Bertz CT molecular complexity index is 350. The van der Waals surface area contributed by atoms with Crippen molar-refractivity contribution in [1.82, 2.24) is 0 Å².